The van der Waals surface area contributed by atoms with Gasteiger partial charge in [0, 0.05) is 16.0 Å². The van der Waals surface area contributed by atoms with Crippen LogP contribution in [0.4, 0.5) is 0 Å². The van der Waals surface area contributed by atoms with Crippen LogP contribution in [0.5, 0.6) is 0 Å². The Labute approximate surface area is 127 Å². The van der Waals surface area contributed by atoms with Gasteiger partial charge < -0.3 is 0 Å². The lowest BCUT2D eigenvalue weighted by Gasteiger charge is -2.08. The monoisotopic (exact) mass is 309 g/mol. The number of carbonyl (C=O) groups is 1. The van der Waals surface area contributed by atoms with Gasteiger partial charge in [0.1, 0.15) is 12.2 Å². The number of Topliss-reactive ketones (excluding diaryl/α,β-unsaturated/α-hetero) is 1. The molecule has 4 nitrogen and oxygen atoms in total. The second kappa shape index (κ2) is 6.90. The molecule has 0 atom stereocenters. The molecular formula is C14H16ClN3OS. The van der Waals surface area contributed by atoms with Crippen LogP contribution in [0.3, 0.4) is 0 Å². The fourth-order valence-electron chi connectivity index (χ4n) is 1.78. The Hall–Kier alpha value is -1.33. The summed E-state index contributed by atoms with van der Waals surface area (Å²) in [7, 11) is 0. The van der Waals surface area contributed by atoms with Crippen LogP contribution in [0, 0.1) is 0 Å². The summed E-state index contributed by atoms with van der Waals surface area (Å²) in [6, 6.07) is 7.71. The molecule has 1 aromatic heterocycles. The normalized spacial score (nSPS) is 11.0. The first-order valence-electron chi connectivity index (χ1n) is 6.34. The summed E-state index contributed by atoms with van der Waals surface area (Å²) in [6.07, 6.45) is 1.80. The predicted octanol–water partition coefficient (Wildman–Crippen LogP) is 3.42. The van der Waals surface area contributed by atoms with Crippen LogP contribution in [-0.4, -0.2) is 26.3 Å². The maximum absolute atomic E-state index is 12.0. The van der Waals surface area contributed by atoms with E-state index in [1.807, 2.05) is 38.1 Å². The summed E-state index contributed by atoms with van der Waals surface area (Å²) in [6.45, 7) is 4.03. The van der Waals surface area contributed by atoms with Gasteiger partial charge in [-0.05, 0) is 32.0 Å². The van der Waals surface area contributed by atoms with Crippen molar-refractivity contribution in [1.29, 1.82) is 0 Å². The standard InChI is InChI=1S/C14H16ClN3OS/c1-10(2)18-14(16-9-17-18)7-12(19)8-20-13-5-3-4-11(15)6-13/h3-6,9-10H,7-8H2,1-2H3. The van der Waals surface area contributed by atoms with E-state index in [1.165, 1.54) is 18.1 Å². The van der Waals surface area contributed by atoms with Crippen molar-refractivity contribution in [1.82, 2.24) is 14.8 Å². The van der Waals surface area contributed by atoms with Crippen LogP contribution in [0.15, 0.2) is 35.5 Å². The van der Waals surface area contributed by atoms with Crippen molar-refractivity contribution in [3.05, 3.63) is 41.4 Å². The van der Waals surface area contributed by atoms with Crippen molar-refractivity contribution >= 4 is 29.1 Å². The smallest absolute Gasteiger partial charge is 0.150 e. The highest BCUT2D eigenvalue weighted by atomic mass is 35.5. The fourth-order valence-corrected chi connectivity index (χ4v) is 2.85. The average molecular weight is 310 g/mol. The maximum Gasteiger partial charge on any atom is 0.150 e. The van der Waals surface area contributed by atoms with Gasteiger partial charge in [0.05, 0.1) is 12.2 Å². The van der Waals surface area contributed by atoms with Crippen LogP contribution in [0.25, 0.3) is 0 Å². The Bertz CT molecular complexity index is 598. The van der Waals surface area contributed by atoms with E-state index in [0.29, 0.717) is 17.2 Å². The SMILES string of the molecule is CC(C)n1ncnc1CC(=O)CSc1cccc(Cl)c1. The Morgan fingerprint density at radius 3 is 2.95 bits per heavy atom. The number of benzene rings is 1. The molecule has 0 aliphatic rings. The number of aromatic nitrogens is 3. The molecule has 2 aromatic rings. The molecule has 0 saturated carbocycles. The molecule has 0 unspecified atom stereocenters. The van der Waals surface area contributed by atoms with Crippen LogP contribution >= 0.6 is 23.4 Å². The molecule has 0 radical (unpaired) electrons. The number of hydrogen-bond donors (Lipinski definition) is 0. The highest BCUT2D eigenvalue weighted by molar-refractivity contribution is 8.00. The van der Waals surface area contributed by atoms with Crippen LogP contribution in [0.1, 0.15) is 25.7 Å². The van der Waals surface area contributed by atoms with Crippen LogP contribution in [-0.2, 0) is 11.2 Å². The quantitative estimate of drug-likeness (QED) is 0.767. The summed E-state index contributed by atoms with van der Waals surface area (Å²) in [5.41, 5.74) is 0. The molecule has 0 bridgehead atoms. The van der Waals surface area contributed by atoms with Gasteiger partial charge in [0.25, 0.3) is 0 Å². The molecule has 2 rings (SSSR count). The first-order chi connectivity index (χ1) is 9.56. The van der Waals surface area contributed by atoms with E-state index in [0.717, 1.165) is 10.7 Å². The number of ketones is 1. The second-order valence-electron chi connectivity index (χ2n) is 4.68. The Morgan fingerprint density at radius 2 is 2.25 bits per heavy atom. The Balaban J connectivity index is 1.91. The fraction of sp³-hybridized carbons (Fsp3) is 0.357. The highest BCUT2D eigenvalue weighted by Gasteiger charge is 2.12. The molecule has 6 heteroatoms. The first-order valence-corrected chi connectivity index (χ1v) is 7.71. The lowest BCUT2D eigenvalue weighted by Crippen LogP contribution is -2.14. The van der Waals surface area contributed by atoms with E-state index in [1.54, 1.807) is 4.68 Å². The number of thioether (sulfide) groups is 1. The van der Waals surface area contributed by atoms with Crippen molar-refractivity contribution in [2.45, 2.75) is 31.2 Å². The number of nitrogens with zero attached hydrogens (tertiary/aromatic N) is 3. The summed E-state index contributed by atoms with van der Waals surface area (Å²) in [5, 5.41) is 4.81. The molecule has 0 aliphatic heterocycles. The predicted molar refractivity (Wildman–Crippen MR) is 81.3 cm³/mol. The number of rotatable bonds is 6. The van der Waals surface area contributed by atoms with E-state index in [2.05, 4.69) is 10.1 Å². The molecule has 0 spiro atoms. The molecule has 106 valence electrons. The number of hydrogen-bond acceptors (Lipinski definition) is 4. The third-order valence-corrected chi connectivity index (χ3v) is 3.98. The minimum Gasteiger partial charge on any atom is -0.298 e. The third-order valence-electron chi connectivity index (χ3n) is 2.69. The molecule has 0 saturated heterocycles. The number of carbonyl (C=O) groups excluding carboxylic acids is 1. The minimum absolute atomic E-state index is 0.130. The molecule has 0 amide bonds. The minimum atomic E-state index is 0.130. The van der Waals surface area contributed by atoms with E-state index in [4.69, 9.17) is 11.6 Å². The topological polar surface area (TPSA) is 47.8 Å². The Kier molecular flexibility index (Phi) is 5.20. The van der Waals surface area contributed by atoms with Gasteiger partial charge in [-0.2, -0.15) is 5.10 Å². The second-order valence-corrected chi connectivity index (χ2v) is 6.16. The lowest BCUT2D eigenvalue weighted by molar-refractivity contribution is -0.116. The largest absolute Gasteiger partial charge is 0.298 e. The van der Waals surface area contributed by atoms with Crippen molar-refractivity contribution in [2.75, 3.05) is 5.75 Å². The molecular weight excluding hydrogens is 294 g/mol. The molecule has 1 heterocycles. The highest BCUT2D eigenvalue weighted by Crippen LogP contribution is 2.21. The Morgan fingerprint density at radius 1 is 1.45 bits per heavy atom. The van der Waals surface area contributed by atoms with E-state index >= 15 is 0 Å². The van der Waals surface area contributed by atoms with Gasteiger partial charge in [-0.25, -0.2) is 9.67 Å². The van der Waals surface area contributed by atoms with Crippen molar-refractivity contribution in [2.24, 2.45) is 0 Å². The molecule has 0 N–H and O–H groups in total. The van der Waals surface area contributed by atoms with Crippen LogP contribution < -0.4 is 0 Å². The number of halogens is 1. The summed E-state index contributed by atoms with van der Waals surface area (Å²) in [5.74, 6) is 1.26. The average Bonchev–Trinajstić information content (AvgIpc) is 2.85. The summed E-state index contributed by atoms with van der Waals surface area (Å²) < 4.78 is 1.78. The molecule has 1 aromatic carbocycles. The van der Waals surface area contributed by atoms with Crippen molar-refractivity contribution in [3.63, 3.8) is 0 Å². The van der Waals surface area contributed by atoms with Crippen molar-refractivity contribution < 1.29 is 4.79 Å². The van der Waals surface area contributed by atoms with Gasteiger partial charge in [-0.1, -0.05) is 17.7 Å². The van der Waals surface area contributed by atoms with Gasteiger partial charge in [0.2, 0.25) is 0 Å². The van der Waals surface area contributed by atoms with Gasteiger partial charge >= 0.3 is 0 Å². The lowest BCUT2D eigenvalue weighted by atomic mass is 10.3. The zero-order valence-corrected chi connectivity index (χ0v) is 13.0. The zero-order valence-electron chi connectivity index (χ0n) is 11.4. The molecule has 0 aliphatic carbocycles. The van der Waals surface area contributed by atoms with E-state index < -0.39 is 0 Å². The maximum atomic E-state index is 12.0. The summed E-state index contributed by atoms with van der Waals surface area (Å²) >= 11 is 7.40. The van der Waals surface area contributed by atoms with E-state index in [-0.39, 0.29) is 11.8 Å². The van der Waals surface area contributed by atoms with Gasteiger partial charge in [-0.15, -0.1) is 11.8 Å². The van der Waals surface area contributed by atoms with E-state index in [9.17, 15) is 4.79 Å². The zero-order chi connectivity index (χ0) is 14.5. The first kappa shape index (κ1) is 15.1. The molecule has 0 fully saturated rings. The third kappa shape index (κ3) is 4.08. The van der Waals surface area contributed by atoms with Crippen molar-refractivity contribution in [3.8, 4) is 0 Å². The van der Waals surface area contributed by atoms with Gasteiger partial charge in [0.15, 0.2) is 5.78 Å². The van der Waals surface area contributed by atoms with Crippen LogP contribution in [0.2, 0.25) is 5.02 Å². The summed E-state index contributed by atoms with van der Waals surface area (Å²) in [4.78, 5) is 17.2. The van der Waals surface area contributed by atoms with Gasteiger partial charge in [-0.3, -0.25) is 4.79 Å². The molecule has 20 heavy (non-hydrogen) atoms.